The highest BCUT2D eigenvalue weighted by molar-refractivity contribution is 7.16. The summed E-state index contributed by atoms with van der Waals surface area (Å²) in [5, 5.41) is 3.49. The normalized spacial score (nSPS) is 18.5. The van der Waals surface area contributed by atoms with Crippen molar-refractivity contribution in [1.29, 1.82) is 0 Å². The van der Waals surface area contributed by atoms with Gasteiger partial charge >= 0.3 is 0 Å². The van der Waals surface area contributed by atoms with Crippen molar-refractivity contribution in [2.45, 2.75) is 26.0 Å². The molecule has 0 radical (unpaired) electrons. The molecular formula is C16H18ClNO2S. The SMILES string of the molecule is CCNC(c1cc(C)c(Cl)s1)C1COc2ccccc2O1. The standard InChI is InChI=1S/C16H18ClNO2S/c1-3-18-15(14-8-10(2)16(17)21-14)13-9-19-11-6-4-5-7-12(11)20-13/h4-8,13,15,18H,3,9H2,1-2H3. The van der Waals surface area contributed by atoms with E-state index in [-0.39, 0.29) is 12.1 Å². The van der Waals surface area contributed by atoms with Crippen molar-refractivity contribution in [3.05, 3.63) is 45.1 Å². The van der Waals surface area contributed by atoms with Crippen molar-refractivity contribution in [2.75, 3.05) is 13.2 Å². The summed E-state index contributed by atoms with van der Waals surface area (Å²) in [6, 6.07) is 9.99. The smallest absolute Gasteiger partial charge is 0.161 e. The van der Waals surface area contributed by atoms with Crippen molar-refractivity contribution in [3.63, 3.8) is 0 Å². The lowest BCUT2D eigenvalue weighted by atomic mass is 10.1. The molecule has 1 aliphatic heterocycles. The van der Waals surface area contributed by atoms with Crippen LogP contribution in [0, 0.1) is 6.92 Å². The highest BCUT2D eigenvalue weighted by Gasteiger charge is 2.30. The Morgan fingerprint density at radius 3 is 2.81 bits per heavy atom. The summed E-state index contributed by atoms with van der Waals surface area (Å²) in [5.41, 5.74) is 1.11. The summed E-state index contributed by atoms with van der Waals surface area (Å²) in [6.45, 7) is 5.51. The van der Waals surface area contributed by atoms with E-state index in [0.29, 0.717) is 6.61 Å². The van der Waals surface area contributed by atoms with Gasteiger partial charge < -0.3 is 14.8 Å². The second-order valence-corrected chi connectivity index (χ2v) is 6.74. The molecule has 2 aromatic rings. The Balaban J connectivity index is 1.85. The number of para-hydroxylation sites is 2. The van der Waals surface area contributed by atoms with Gasteiger partial charge in [0.1, 0.15) is 6.61 Å². The molecule has 5 heteroatoms. The maximum atomic E-state index is 6.21. The van der Waals surface area contributed by atoms with Gasteiger partial charge in [-0.3, -0.25) is 0 Å². The molecule has 2 atom stereocenters. The third-order valence-corrected chi connectivity index (χ3v) is 5.15. The van der Waals surface area contributed by atoms with Gasteiger partial charge in [-0.05, 0) is 37.2 Å². The molecule has 0 saturated carbocycles. The number of hydrogen-bond acceptors (Lipinski definition) is 4. The predicted octanol–water partition coefficient (Wildman–Crippen LogP) is 4.20. The van der Waals surface area contributed by atoms with E-state index in [2.05, 4.69) is 18.3 Å². The number of likely N-dealkylation sites (N-methyl/N-ethyl adjacent to an activating group) is 1. The number of fused-ring (bicyclic) bond motifs is 1. The number of hydrogen-bond donors (Lipinski definition) is 1. The van der Waals surface area contributed by atoms with Gasteiger partial charge in [0.15, 0.2) is 17.6 Å². The number of benzene rings is 1. The summed E-state index contributed by atoms with van der Waals surface area (Å²) in [7, 11) is 0. The number of aryl methyl sites for hydroxylation is 1. The van der Waals surface area contributed by atoms with Gasteiger partial charge in [0.2, 0.25) is 0 Å². The van der Waals surface area contributed by atoms with Gasteiger partial charge in [0.05, 0.1) is 10.4 Å². The van der Waals surface area contributed by atoms with E-state index < -0.39 is 0 Å². The summed E-state index contributed by atoms with van der Waals surface area (Å²) >= 11 is 7.82. The van der Waals surface area contributed by atoms with E-state index >= 15 is 0 Å². The molecule has 2 unspecified atom stereocenters. The van der Waals surface area contributed by atoms with Gasteiger partial charge in [-0.15, -0.1) is 11.3 Å². The Bertz CT molecular complexity index is 609. The molecule has 0 saturated heterocycles. The van der Waals surface area contributed by atoms with Gasteiger partial charge in [-0.1, -0.05) is 30.7 Å². The number of rotatable bonds is 4. The van der Waals surface area contributed by atoms with Crippen molar-refractivity contribution in [3.8, 4) is 11.5 Å². The molecular weight excluding hydrogens is 306 g/mol. The lowest BCUT2D eigenvalue weighted by Gasteiger charge is -2.32. The van der Waals surface area contributed by atoms with Crippen LogP contribution in [-0.4, -0.2) is 19.3 Å². The quantitative estimate of drug-likeness (QED) is 0.914. The molecule has 21 heavy (non-hydrogen) atoms. The predicted molar refractivity (Wildman–Crippen MR) is 86.8 cm³/mol. The average Bonchev–Trinajstić information content (AvgIpc) is 2.83. The minimum absolute atomic E-state index is 0.0611. The molecule has 1 N–H and O–H groups in total. The highest BCUT2D eigenvalue weighted by atomic mass is 35.5. The zero-order valence-corrected chi connectivity index (χ0v) is 13.6. The first kappa shape index (κ1) is 14.7. The lowest BCUT2D eigenvalue weighted by Crippen LogP contribution is -2.41. The van der Waals surface area contributed by atoms with Gasteiger partial charge in [-0.25, -0.2) is 0 Å². The molecule has 3 rings (SSSR count). The van der Waals surface area contributed by atoms with Crippen LogP contribution < -0.4 is 14.8 Å². The van der Waals surface area contributed by atoms with Gasteiger partial charge in [0, 0.05) is 4.88 Å². The number of thiophene rings is 1. The molecule has 1 aliphatic rings. The fourth-order valence-corrected chi connectivity index (χ4v) is 3.82. The van der Waals surface area contributed by atoms with E-state index in [0.717, 1.165) is 27.9 Å². The Morgan fingerprint density at radius 2 is 2.14 bits per heavy atom. The third kappa shape index (κ3) is 3.03. The average molecular weight is 324 g/mol. The monoisotopic (exact) mass is 323 g/mol. The van der Waals surface area contributed by atoms with Gasteiger partial charge in [-0.2, -0.15) is 0 Å². The number of halogens is 1. The Kier molecular flexibility index (Phi) is 4.38. The molecule has 2 heterocycles. The van der Waals surface area contributed by atoms with Crippen molar-refractivity contribution in [2.24, 2.45) is 0 Å². The van der Waals surface area contributed by atoms with E-state index in [9.17, 15) is 0 Å². The van der Waals surface area contributed by atoms with Crippen LogP contribution in [0.4, 0.5) is 0 Å². The first-order chi connectivity index (χ1) is 10.2. The number of nitrogens with one attached hydrogen (secondary N) is 1. The Labute approximate surface area is 133 Å². The molecule has 0 aliphatic carbocycles. The van der Waals surface area contributed by atoms with Crippen LogP contribution in [0.25, 0.3) is 0 Å². The highest BCUT2D eigenvalue weighted by Crippen LogP contribution is 2.37. The first-order valence-corrected chi connectivity index (χ1v) is 8.26. The van der Waals surface area contributed by atoms with Crippen molar-refractivity contribution >= 4 is 22.9 Å². The second kappa shape index (κ2) is 6.26. The van der Waals surface area contributed by atoms with Crippen LogP contribution >= 0.6 is 22.9 Å². The Hall–Kier alpha value is -1.23. The molecule has 0 spiro atoms. The molecule has 1 aromatic heterocycles. The lowest BCUT2D eigenvalue weighted by molar-refractivity contribution is 0.0630. The molecule has 3 nitrogen and oxygen atoms in total. The topological polar surface area (TPSA) is 30.5 Å². The number of ether oxygens (including phenoxy) is 2. The first-order valence-electron chi connectivity index (χ1n) is 7.06. The molecule has 112 valence electrons. The zero-order chi connectivity index (χ0) is 14.8. The fraction of sp³-hybridized carbons (Fsp3) is 0.375. The maximum Gasteiger partial charge on any atom is 0.161 e. The van der Waals surface area contributed by atoms with Gasteiger partial charge in [0.25, 0.3) is 0 Å². The van der Waals surface area contributed by atoms with Crippen LogP contribution in [0.15, 0.2) is 30.3 Å². The third-order valence-electron chi connectivity index (χ3n) is 3.51. The molecule has 1 aromatic carbocycles. The second-order valence-electron chi connectivity index (χ2n) is 5.05. The minimum Gasteiger partial charge on any atom is -0.486 e. The summed E-state index contributed by atoms with van der Waals surface area (Å²) in [6.07, 6.45) is -0.0611. The molecule has 0 amide bonds. The van der Waals surface area contributed by atoms with Crippen LogP contribution in [-0.2, 0) is 0 Å². The summed E-state index contributed by atoms with van der Waals surface area (Å²) in [5.74, 6) is 1.61. The maximum absolute atomic E-state index is 6.21. The van der Waals surface area contributed by atoms with Crippen LogP contribution in [0.3, 0.4) is 0 Å². The van der Waals surface area contributed by atoms with Crippen LogP contribution in [0.1, 0.15) is 23.4 Å². The molecule has 0 fully saturated rings. The minimum atomic E-state index is -0.0611. The van der Waals surface area contributed by atoms with E-state index in [1.54, 1.807) is 11.3 Å². The largest absolute Gasteiger partial charge is 0.486 e. The van der Waals surface area contributed by atoms with E-state index in [4.69, 9.17) is 21.1 Å². The molecule has 0 bridgehead atoms. The Morgan fingerprint density at radius 1 is 1.38 bits per heavy atom. The van der Waals surface area contributed by atoms with E-state index in [1.807, 2.05) is 31.2 Å². The zero-order valence-electron chi connectivity index (χ0n) is 12.1. The van der Waals surface area contributed by atoms with Crippen LogP contribution in [0.5, 0.6) is 11.5 Å². The summed E-state index contributed by atoms with van der Waals surface area (Å²) < 4.78 is 12.8. The summed E-state index contributed by atoms with van der Waals surface area (Å²) in [4.78, 5) is 1.19. The van der Waals surface area contributed by atoms with E-state index in [1.165, 1.54) is 4.88 Å². The van der Waals surface area contributed by atoms with Crippen molar-refractivity contribution in [1.82, 2.24) is 5.32 Å². The van der Waals surface area contributed by atoms with Crippen molar-refractivity contribution < 1.29 is 9.47 Å². The fourth-order valence-electron chi connectivity index (χ4n) is 2.47. The van der Waals surface area contributed by atoms with Crippen LogP contribution in [0.2, 0.25) is 4.34 Å².